The second-order valence-electron chi connectivity index (χ2n) is 7.63. The molecule has 196 valence electrons. The Bertz CT molecular complexity index is 1210. The second-order valence-corrected chi connectivity index (χ2v) is 9.32. The maximum atomic E-state index is 13.3. The topological polar surface area (TPSA) is 169 Å². The third-order valence-electron chi connectivity index (χ3n) is 4.85. The first-order chi connectivity index (χ1) is 17.1. The maximum Gasteiger partial charge on any atom is 0.459 e. The highest BCUT2D eigenvalue weighted by atomic mass is 31.2. The molecule has 13 heteroatoms. The summed E-state index contributed by atoms with van der Waals surface area (Å²) in [5.74, 6) is -0.538. The van der Waals surface area contributed by atoms with Crippen molar-refractivity contribution in [3.05, 3.63) is 81.7 Å². The van der Waals surface area contributed by atoms with E-state index in [4.69, 9.17) is 9.05 Å². The van der Waals surface area contributed by atoms with E-state index < -0.39 is 49.8 Å². The lowest BCUT2D eigenvalue weighted by molar-refractivity contribution is -0.142. The van der Waals surface area contributed by atoms with Gasteiger partial charge in [0.05, 0.1) is 25.4 Å². The lowest BCUT2D eigenvalue weighted by atomic mass is 10.1. The van der Waals surface area contributed by atoms with E-state index in [0.29, 0.717) is 0 Å². The van der Waals surface area contributed by atoms with Gasteiger partial charge in [0.15, 0.2) is 0 Å². The number of carbonyl (C=O) groups excluding carboxylic acids is 1. The lowest BCUT2D eigenvalue weighted by Crippen LogP contribution is -2.37. The molecule has 0 saturated carbocycles. The van der Waals surface area contributed by atoms with Gasteiger partial charge in [-0.25, -0.2) is 9.36 Å². The highest BCUT2D eigenvalue weighted by Crippen LogP contribution is 2.45. The van der Waals surface area contributed by atoms with Gasteiger partial charge < -0.3 is 19.5 Å². The summed E-state index contributed by atoms with van der Waals surface area (Å²) in [5.41, 5.74) is -1.06. The minimum absolute atomic E-state index is 0.0431. The van der Waals surface area contributed by atoms with Crippen molar-refractivity contribution in [2.75, 3.05) is 13.7 Å². The molecule has 0 radical (unpaired) electrons. The fourth-order valence-corrected chi connectivity index (χ4v) is 4.42. The van der Waals surface area contributed by atoms with Crippen LogP contribution in [0.2, 0.25) is 0 Å². The summed E-state index contributed by atoms with van der Waals surface area (Å²) in [4.78, 5) is 37.9. The molecule has 2 rings (SSSR count). The summed E-state index contributed by atoms with van der Waals surface area (Å²) in [6.45, 7) is 4.24. The van der Waals surface area contributed by atoms with Gasteiger partial charge in [-0.3, -0.25) is 23.7 Å². The van der Waals surface area contributed by atoms with Crippen LogP contribution >= 0.6 is 7.75 Å². The van der Waals surface area contributed by atoms with Crippen molar-refractivity contribution >= 4 is 19.8 Å². The van der Waals surface area contributed by atoms with E-state index in [1.54, 1.807) is 18.2 Å². The minimum atomic E-state index is -4.20. The number of aliphatic hydroxyl groups excluding tert-OH is 2. The number of aryl methyl sites for hydroxylation is 1. The Labute approximate surface area is 207 Å². The number of hydrogen-bond donors (Lipinski definition) is 4. The molecule has 0 amide bonds. The second kappa shape index (κ2) is 13.7. The summed E-state index contributed by atoms with van der Waals surface area (Å²) in [7, 11) is -3.03. The van der Waals surface area contributed by atoms with Crippen LogP contribution in [-0.4, -0.2) is 57.7 Å². The van der Waals surface area contributed by atoms with Gasteiger partial charge in [-0.2, -0.15) is 5.09 Å². The predicted octanol–water partition coefficient (Wildman–Crippen LogP) is 1.20. The smallest absolute Gasteiger partial charge is 0.459 e. The van der Waals surface area contributed by atoms with E-state index in [9.17, 15) is 29.2 Å². The number of methoxy groups -OCH3 is 1. The number of esters is 1. The molecule has 0 aliphatic heterocycles. The number of carbonyl (C=O) groups is 1. The molecule has 2 aromatic rings. The number of rotatable bonds is 14. The molecule has 4 atom stereocenters. The third-order valence-corrected chi connectivity index (χ3v) is 6.49. The number of allylic oxidation sites excluding steroid dienone is 2. The van der Waals surface area contributed by atoms with Crippen LogP contribution in [0.4, 0.5) is 0 Å². The number of hydrogen-bond acceptors (Lipinski definition) is 9. The highest BCUT2D eigenvalue weighted by molar-refractivity contribution is 7.52. The van der Waals surface area contributed by atoms with Crippen LogP contribution in [0.15, 0.2) is 64.8 Å². The van der Waals surface area contributed by atoms with Gasteiger partial charge in [0.2, 0.25) is 0 Å². The Hall–Kier alpha value is -3.28. The van der Waals surface area contributed by atoms with Gasteiger partial charge in [0, 0.05) is 12.7 Å². The summed E-state index contributed by atoms with van der Waals surface area (Å²) < 4.78 is 29.8. The molecule has 4 N–H and O–H groups in total. The molecule has 0 bridgehead atoms. The van der Waals surface area contributed by atoms with Gasteiger partial charge >= 0.3 is 19.4 Å². The first-order valence-electron chi connectivity index (χ1n) is 10.9. The summed E-state index contributed by atoms with van der Waals surface area (Å²) >= 11 is 0. The lowest BCUT2D eigenvalue weighted by Gasteiger charge is -2.25. The van der Waals surface area contributed by atoms with Crippen LogP contribution in [0.3, 0.4) is 0 Å². The zero-order chi connectivity index (χ0) is 26.7. The van der Waals surface area contributed by atoms with Gasteiger partial charge in [-0.15, -0.1) is 0 Å². The van der Waals surface area contributed by atoms with Gasteiger partial charge in [0.25, 0.3) is 5.56 Å². The van der Waals surface area contributed by atoms with Crippen molar-refractivity contribution in [2.24, 2.45) is 0 Å². The van der Waals surface area contributed by atoms with Crippen LogP contribution in [-0.2, 0) is 25.2 Å². The van der Waals surface area contributed by atoms with Crippen molar-refractivity contribution in [3.8, 4) is 5.75 Å². The molecule has 1 aromatic carbocycles. The molecule has 1 heterocycles. The number of para-hydroxylation sites is 1. The van der Waals surface area contributed by atoms with E-state index in [0.717, 1.165) is 7.11 Å². The molecule has 1 aromatic heterocycles. The number of ether oxygens (including phenoxy) is 1. The predicted molar refractivity (Wildman–Crippen MR) is 132 cm³/mol. The summed E-state index contributed by atoms with van der Waals surface area (Å²) in [6.07, 6.45) is 2.77. The molecular formula is C23H30N3O9P. The molecule has 1 unspecified atom stereocenters. The molecule has 0 aliphatic rings. The largest absolute Gasteiger partial charge is 0.468 e. The zero-order valence-corrected chi connectivity index (χ0v) is 20.8. The molecular weight excluding hydrogens is 493 g/mol. The first-order valence-corrected chi connectivity index (χ1v) is 12.5. The number of nitrogens with zero attached hydrogens (tertiary/aromatic N) is 1. The van der Waals surface area contributed by atoms with Crippen LogP contribution in [0.5, 0.6) is 5.75 Å². The number of nitrogens with one attached hydrogen (secondary N) is 2. The van der Waals surface area contributed by atoms with Crippen molar-refractivity contribution in [1.82, 2.24) is 14.6 Å². The fourth-order valence-electron chi connectivity index (χ4n) is 2.91. The van der Waals surface area contributed by atoms with Gasteiger partial charge in [-0.1, -0.05) is 36.9 Å². The van der Waals surface area contributed by atoms with Crippen LogP contribution in [0, 0.1) is 0 Å². The van der Waals surface area contributed by atoms with Crippen molar-refractivity contribution < 1.29 is 33.4 Å². The Balaban J connectivity index is 2.06. The van der Waals surface area contributed by atoms with Crippen molar-refractivity contribution in [1.29, 1.82) is 0 Å². The maximum absolute atomic E-state index is 13.3. The zero-order valence-electron chi connectivity index (χ0n) is 19.9. The molecule has 0 spiro atoms. The van der Waals surface area contributed by atoms with Crippen LogP contribution < -0.4 is 20.9 Å². The van der Waals surface area contributed by atoms with Crippen LogP contribution in [0.25, 0.3) is 6.08 Å². The molecule has 0 saturated heterocycles. The van der Waals surface area contributed by atoms with Crippen LogP contribution in [0.1, 0.15) is 18.9 Å². The fraction of sp³-hybridized carbons (Fsp3) is 0.348. The quantitative estimate of drug-likeness (QED) is 0.160. The van der Waals surface area contributed by atoms with E-state index in [2.05, 4.69) is 21.4 Å². The Kier molecular flexibility index (Phi) is 11.0. The summed E-state index contributed by atoms with van der Waals surface area (Å²) in [6, 6.07) is 6.97. The number of aromatic amines is 1. The number of H-pyrrole nitrogens is 1. The highest BCUT2D eigenvalue weighted by Gasteiger charge is 2.33. The van der Waals surface area contributed by atoms with Crippen molar-refractivity contribution in [3.63, 3.8) is 0 Å². The monoisotopic (exact) mass is 523 g/mol. The average molecular weight is 523 g/mol. The molecule has 12 nitrogen and oxygen atoms in total. The first kappa shape index (κ1) is 29.0. The van der Waals surface area contributed by atoms with E-state index >= 15 is 0 Å². The number of benzene rings is 1. The molecule has 0 fully saturated rings. The SMILES string of the molecule is C=C/C=C/c1cn(CC[C@H](O)[C@H](O)COP(=O)(N[C@@H](C)C(=O)OC)Oc2ccccc2)c(=O)[nH]c1=O. The minimum Gasteiger partial charge on any atom is -0.468 e. The van der Waals surface area contributed by atoms with E-state index in [1.807, 2.05) is 0 Å². The number of aliphatic hydroxyl groups is 2. The molecule has 36 heavy (non-hydrogen) atoms. The van der Waals surface area contributed by atoms with Gasteiger partial charge in [0.1, 0.15) is 17.9 Å². The summed E-state index contributed by atoms with van der Waals surface area (Å²) in [5, 5.41) is 23.2. The third kappa shape index (κ3) is 8.74. The van der Waals surface area contributed by atoms with E-state index in [1.165, 1.54) is 48.0 Å². The Morgan fingerprint density at radius 3 is 2.58 bits per heavy atom. The number of aromatic nitrogens is 2. The molecule has 0 aliphatic carbocycles. The van der Waals surface area contributed by atoms with Crippen molar-refractivity contribution in [2.45, 2.75) is 38.1 Å². The van der Waals surface area contributed by atoms with Gasteiger partial charge in [-0.05, 0) is 31.6 Å². The van der Waals surface area contributed by atoms with E-state index in [-0.39, 0.29) is 24.3 Å². The average Bonchev–Trinajstić information content (AvgIpc) is 2.85. The Morgan fingerprint density at radius 2 is 1.94 bits per heavy atom. The standard InChI is InChI=1S/C23H30N3O9P/c1-4-5-9-17-14-26(23(31)24-21(17)29)13-12-19(27)20(28)15-34-36(32,25-16(2)22(30)33-3)35-18-10-7-6-8-11-18/h4-11,14,16,19-20,27-28H,1,12-13,15H2,2-3H3,(H,25,32)(H,24,29,31)/b9-5+/t16-,19-,20+,36?/m0/s1. The normalized spacial score (nSPS) is 15.6. The Morgan fingerprint density at radius 1 is 1.25 bits per heavy atom.